The molecule has 0 amide bonds. The summed E-state index contributed by atoms with van der Waals surface area (Å²) < 4.78 is 38.2. The zero-order valence-corrected chi connectivity index (χ0v) is 16.1. The van der Waals surface area contributed by atoms with Gasteiger partial charge in [-0.15, -0.1) is 0 Å². The van der Waals surface area contributed by atoms with Crippen molar-refractivity contribution in [1.82, 2.24) is 5.32 Å². The number of nitrogens with one attached hydrogen (secondary N) is 1. The number of nitrogens with zero attached hydrogens (tertiary/aromatic N) is 1. The number of ether oxygens (including phenoxy) is 2. The summed E-state index contributed by atoms with van der Waals surface area (Å²) in [6, 6.07) is 2.33. The van der Waals surface area contributed by atoms with E-state index in [4.69, 9.17) is 16.0 Å². The van der Waals surface area contributed by atoms with Gasteiger partial charge in [0.1, 0.15) is 0 Å². The number of benzene rings is 1. The van der Waals surface area contributed by atoms with Gasteiger partial charge in [-0.2, -0.15) is 4.39 Å². The van der Waals surface area contributed by atoms with Crippen molar-refractivity contribution in [3.8, 4) is 5.75 Å². The topological polar surface area (TPSA) is 51.9 Å². The van der Waals surface area contributed by atoms with Crippen molar-refractivity contribution in [2.24, 2.45) is 5.92 Å². The number of halogens is 2. The highest BCUT2D eigenvalue weighted by atomic mass is 19.2. The Hall–Kier alpha value is -2.88. The summed E-state index contributed by atoms with van der Waals surface area (Å²) in [7, 11) is 2.49. The molecule has 0 aromatic heterocycles. The molecule has 1 aliphatic heterocycles. The van der Waals surface area contributed by atoms with Gasteiger partial charge in [0.05, 0.1) is 32.3 Å². The Kier molecular flexibility index (Phi) is 5.68. The van der Waals surface area contributed by atoms with E-state index in [0.29, 0.717) is 23.7 Å². The highest BCUT2D eigenvalue weighted by Crippen LogP contribution is 2.45. The van der Waals surface area contributed by atoms with E-state index in [1.807, 2.05) is 0 Å². The number of methoxy groups -OCH3 is 2. The lowest BCUT2D eigenvalue weighted by molar-refractivity contribution is -0.136. The predicted molar refractivity (Wildman–Crippen MR) is 99.1 cm³/mol. The van der Waals surface area contributed by atoms with Gasteiger partial charge < -0.3 is 14.8 Å². The van der Waals surface area contributed by atoms with Crippen LogP contribution in [0, 0.1) is 24.1 Å². The van der Waals surface area contributed by atoms with E-state index in [0.717, 1.165) is 12.5 Å². The molecule has 148 valence electrons. The normalized spacial score (nSPS) is 19.2. The van der Waals surface area contributed by atoms with Crippen molar-refractivity contribution in [3.63, 3.8) is 0 Å². The number of carbonyl (C=O) groups excluding carboxylic acids is 1. The smallest absolute Gasteiger partial charge is 0.335 e. The third-order valence-corrected chi connectivity index (χ3v) is 5.23. The predicted octanol–water partition coefficient (Wildman–Crippen LogP) is 4.43. The zero-order valence-electron chi connectivity index (χ0n) is 16.1. The van der Waals surface area contributed by atoms with Crippen molar-refractivity contribution in [3.05, 3.63) is 63.4 Å². The first kappa shape index (κ1) is 19.9. The fourth-order valence-electron chi connectivity index (χ4n) is 3.62. The number of esters is 1. The van der Waals surface area contributed by atoms with Gasteiger partial charge in [0.2, 0.25) is 5.82 Å². The van der Waals surface area contributed by atoms with E-state index in [2.05, 4.69) is 10.2 Å². The number of hydrogen-bond donors (Lipinski definition) is 1. The molecule has 28 heavy (non-hydrogen) atoms. The van der Waals surface area contributed by atoms with E-state index >= 15 is 0 Å². The summed E-state index contributed by atoms with van der Waals surface area (Å²) >= 11 is 0. The van der Waals surface area contributed by atoms with Crippen LogP contribution in [0.3, 0.4) is 0 Å². The molecule has 1 aliphatic carbocycles. The van der Waals surface area contributed by atoms with Crippen LogP contribution in [-0.2, 0) is 9.53 Å². The molecule has 1 saturated carbocycles. The maximum absolute atomic E-state index is 14.4. The first-order chi connectivity index (χ1) is 13.4. The van der Waals surface area contributed by atoms with Crippen molar-refractivity contribution >= 4 is 5.97 Å². The van der Waals surface area contributed by atoms with E-state index in [1.54, 1.807) is 6.92 Å². The van der Waals surface area contributed by atoms with Crippen LogP contribution in [0.25, 0.3) is 4.85 Å². The Morgan fingerprint density at radius 2 is 2.04 bits per heavy atom. The van der Waals surface area contributed by atoms with Crippen LogP contribution >= 0.6 is 0 Å². The van der Waals surface area contributed by atoms with Crippen LogP contribution in [0.2, 0.25) is 0 Å². The Morgan fingerprint density at radius 1 is 1.32 bits per heavy atom. The number of allylic oxidation sites excluding steroid dienone is 3. The van der Waals surface area contributed by atoms with E-state index in [-0.39, 0.29) is 22.6 Å². The molecule has 1 heterocycles. The number of hydrogen-bond acceptors (Lipinski definition) is 4. The molecule has 5 nitrogen and oxygen atoms in total. The van der Waals surface area contributed by atoms with Gasteiger partial charge in [0.25, 0.3) is 0 Å². The van der Waals surface area contributed by atoms with Crippen molar-refractivity contribution in [2.75, 3.05) is 14.2 Å². The lowest BCUT2D eigenvalue weighted by Crippen LogP contribution is -2.29. The van der Waals surface area contributed by atoms with E-state index in [9.17, 15) is 13.6 Å². The standard InChI is InChI=1S/C21H22F2N2O3/c1-11-19(24-2)16(13-8-9-14(22)18(23)20(13)27-3)17(21(26)28-4)15(25-11)10-7-12-5-6-12/h8-9,12,16,25H,5-7,10H2,1,3-4H3. The average Bonchev–Trinajstić information content (AvgIpc) is 3.51. The van der Waals surface area contributed by atoms with Crippen molar-refractivity contribution in [1.29, 1.82) is 0 Å². The lowest BCUT2D eigenvalue weighted by Gasteiger charge is -2.30. The van der Waals surface area contributed by atoms with E-state index < -0.39 is 23.5 Å². The zero-order chi connectivity index (χ0) is 20.4. The molecule has 3 rings (SSSR count). The largest absolute Gasteiger partial charge is 0.493 e. The molecule has 0 bridgehead atoms. The maximum Gasteiger partial charge on any atom is 0.335 e. The minimum atomic E-state index is -1.15. The summed E-state index contributed by atoms with van der Waals surface area (Å²) in [6.07, 6.45) is 3.86. The molecule has 0 spiro atoms. The fourth-order valence-corrected chi connectivity index (χ4v) is 3.62. The molecule has 2 aliphatic rings. The Labute approximate surface area is 162 Å². The SMILES string of the molecule is [C-]#[N+]C1=C(C)NC(CCC2CC2)=C(C(=O)OC)C1c1ccc(F)c(F)c1OC. The first-order valence-corrected chi connectivity index (χ1v) is 9.11. The van der Waals surface area contributed by atoms with Crippen LogP contribution in [0.15, 0.2) is 34.8 Å². The Morgan fingerprint density at radius 3 is 2.61 bits per heavy atom. The van der Waals surface area contributed by atoms with Crippen molar-refractivity contribution in [2.45, 2.75) is 38.5 Å². The minimum absolute atomic E-state index is 0.220. The van der Waals surface area contributed by atoms with Gasteiger partial charge in [-0.25, -0.2) is 14.0 Å². The lowest BCUT2D eigenvalue weighted by atomic mass is 9.82. The molecule has 0 saturated heterocycles. The van der Waals surface area contributed by atoms with Crippen molar-refractivity contribution < 1.29 is 23.0 Å². The summed E-state index contributed by atoms with van der Waals surface area (Å²) in [4.78, 5) is 16.3. The molecule has 1 atom stereocenters. The molecular formula is C21H22F2N2O3. The van der Waals surface area contributed by atoms with Gasteiger partial charge in [0.15, 0.2) is 17.3 Å². The second-order valence-corrected chi connectivity index (χ2v) is 7.03. The van der Waals surface area contributed by atoms with Gasteiger partial charge in [0, 0.05) is 11.4 Å². The third-order valence-electron chi connectivity index (χ3n) is 5.23. The molecular weight excluding hydrogens is 366 g/mol. The Balaban J connectivity index is 2.19. The molecule has 1 aromatic rings. The van der Waals surface area contributed by atoms with Crippen LogP contribution in [0.1, 0.15) is 44.1 Å². The maximum atomic E-state index is 14.4. The average molecular weight is 388 g/mol. The molecule has 1 N–H and O–H groups in total. The summed E-state index contributed by atoms with van der Waals surface area (Å²) in [5, 5.41) is 3.17. The van der Waals surface area contributed by atoms with Gasteiger partial charge in [-0.05, 0) is 37.3 Å². The van der Waals surface area contributed by atoms with Gasteiger partial charge in [-0.1, -0.05) is 18.9 Å². The Bertz CT molecular complexity index is 911. The second kappa shape index (κ2) is 8.01. The van der Waals surface area contributed by atoms with Crippen LogP contribution in [0.4, 0.5) is 8.78 Å². The van der Waals surface area contributed by atoms with Crippen LogP contribution < -0.4 is 10.1 Å². The molecule has 1 aromatic carbocycles. The fraction of sp³-hybridized carbons (Fsp3) is 0.429. The monoisotopic (exact) mass is 388 g/mol. The molecule has 1 fully saturated rings. The minimum Gasteiger partial charge on any atom is -0.493 e. The summed E-state index contributed by atoms with van der Waals surface area (Å²) in [5.74, 6) is -3.39. The van der Waals surface area contributed by atoms with Crippen LogP contribution in [-0.4, -0.2) is 20.2 Å². The van der Waals surface area contributed by atoms with E-state index in [1.165, 1.54) is 33.1 Å². The summed E-state index contributed by atoms with van der Waals surface area (Å²) in [5.41, 5.74) is 1.91. The van der Waals surface area contributed by atoms with Crippen LogP contribution in [0.5, 0.6) is 5.75 Å². The number of carbonyl (C=O) groups is 1. The highest BCUT2D eigenvalue weighted by Gasteiger charge is 2.38. The second-order valence-electron chi connectivity index (χ2n) is 7.03. The first-order valence-electron chi connectivity index (χ1n) is 9.11. The van der Waals surface area contributed by atoms with Gasteiger partial charge >= 0.3 is 5.97 Å². The van der Waals surface area contributed by atoms with Gasteiger partial charge in [-0.3, -0.25) is 0 Å². The summed E-state index contributed by atoms with van der Waals surface area (Å²) in [6.45, 7) is 9.34. The molecule has 1 unspecified atom stereocenters. The third kappa shape index (κ3) is 3.59. The number of rotatable bonds is 6. The highest BCUT2D eigenvalue weighted by molar-refractivity contribution is 5.93. The molecule has 7 heteroatoms. The quantitative estimate of drug-likeness (QED) is 0.579. The molecule has 0 radical (unpaired) electrons. The number of dihydropyridines is 1.